The van der Waals surface area contributed by atoms with Crippen molar-refractivity contribution in [3.05, 3.63) is 17.2 Å². The van der Waals surface area contributed by atoms with Crippen molar-refractivity contribution in [1.29, 1.82) is 0 Å². The Morgan fingerprint density at radius 3 is 2.56 bits per heavy atom. The number of carboxylic acid groups (broad SMARTS) is 1. The predicted molar refractivity (Wildman–Crippen MR) is 67.7 cm³/mol. The number of hydrogen-bond donors (Lipinski definition) is 2. The number of aromatic nitrogens is 2. The lowest BCUT2D eigenvalue weighted by atomic mass is 9.86. The molecule has 0 aromatic carbocycles. The summed E-state index contributed by atoms with van der Waals surface area (Å²) in [7, 11) is 0. The number of hydrogen-bond acceptors (Lipinski definition) is 2. The number of nitrogens with zero attached hydrogens (tertiary/aromatic N) is 1. The first-order chi connectivity index (χ1) is 8.63. The van der Waals surface area contributed by atoms with E-state index in [2.05, 4.69) is 9.97 Å². The van der Waals surface area contributed by atoms with Crippen LogP contribution in [0.5, 0.6) is 0 Å². The van der Waals surface area contributed by atoms with E-state index in [0.29, 0.717) is 11.7 Å². The van der Waals surface area contributed by atoms with Crippen LogP contribution in [-0.2, 0) is 10.2 Å². The number of nitrogens with one attached hydrogen (secondary N) is 1. The van der Waals surface area contributed by atoms with Gasteiger partial charge < -0.3 is 10.1 Å². The number of carboxylic acids is 1. The van der Waals surface area contributed by atoms with Crippen LogP contribution in [0, 0.1) is 6.92 Å². The van der Waals surface area contributed by atoms with Crippen LogP contribution in [-0.4, -0.2) is 21.0 Å². The maximum absolute atomic E-state index is 11.3. The summed E-state index contributed by atoms with van der Waals surface area (Å²) in [5.41, 5.74) is 1.50. The summed E-state index contributed by atoms with van der Waals surface area (Å²) in [6, 6.07) is 0. The quantitative estimate of drug-likeness (QED) is 0.864. The van der Waals surface area contributed by atoms with Crippen molar-refractivity contribution in [2.75, 3.05) is 0 Å². The summed E-state index contributed by atoms with van der Waals surface area (Å²) in [4.78, 5) is 19.2. The zero-order chi connectivity index (χ0) is 12.8. The smallest absolute Gasteiger partial charge is 0.317 e. The van der Waals surface area contributed by atoms with E-state index in [1.54, 1.807) is 0 Å². The Labute approximate surface area is 107 Å². The molecule has 3 rings (SSSR count). The number of aryl methyl sites for hydroxylation is 1. The Kier molecular flexibility index (Phi) is 2.68. The molecule has 2 fully saturated rings. The summed E-state index contributed by atoms with van der Waals surface area (Å²) in [5, 5.41) is 9.31. The molecule has 18 heavy (non-hydrogen) atoms. The molecule has 0 amide bonds. The van der Waals surface area contributed by atoms with Gasteiger partial charge in [0.2, 0.25) is 0 Å². The molecule has 0 aliphatic heterocycles. The molecule has 0 atom stereocenters. The van der Waals surface area contributed by atoms with E-state index >= 15 is 0 Å². The van der Waals surface area contributed by atoms with Gasteiger partial charge in [-0.3, -0.25) is 4.79 Å². The molecule has 0 unspecified atom stereocenters. The molecule has 2 N–H and O–H groups in total. The Morgan fingerprint density at radius 1 is 1.33 bits per heavy atom. The summed E-state index contributed by atoms with van der Waals surface area (Å²) >= 11 is 0. The molecule has 98 valence electrons. The monoisotopic (exact) mass is 248 g/mol. The molecule has 4 heteroatoms. The molecule has 1 aromatic rings. The highest BCUT2D eigenvalue weighted by molar-refractivity contribution is 5.83. The van der Waals surface area contributed by atoms with Crippen molar-refractivity contribution < 1.29 is 9.90 Å². The Bertz CT molecular complexity index is 468. The van der Waals surface area contributed by atoms with Crippen molar-refractivity contribution in [3.63, 3.8) is 0 Å². The Balaban J connectivity index is 1.89. The molecular formula is C14H20N2O2. The van der Waals surface area contributed by atoms with E-state index in [4.69, 9.17) is 0 Å². The lowest BCUT2D eigenvalue weighted by molar-refractivity contribution is -0.140. The fraction of sp³-hybridized carbons (Fsp3) is 0.714. The van der Waals surface area contributed by atoms with Gasteiger partial charge in [-0.15, -0.1) is 0 Å². The highest BCUT2D eigenvalue weighted by atomic mass is 16.4. The van der Waals surface area contributed by atoms with Gasteiger partial charge in [0.1, 0.15) is 11.2 Å². The minimum atomic E-state index is -0.730. The van der Waals surface area contributed by atoms with Gasteiger partial charge in [-0.25, -0.2) is 4.98 Å². The van der Waals surface area contributed by atoms with Crippen molar-refractivity contribution in [2.24, 2.45) is 0 Å². The number of aromatic amines is 1. The number of imidazole rings is 1. The van der Waals surface area contributed by atoms with Crippen LogP contribution in [0.4, 0.5) is 0 Å². The van der Waals surface area contributed by atoms with Gasteiger partial charge in [0.05, 0.1) is 5.69 Å². The van der Waals surface area contributed by atoms with Crippen LogP contribution < -0.4 is 0 Å². The number of aliphatic carboxylic acids is 1. The van der Waals surface area contributed by atoms with E-state index in [-0.39, 0.29) is 0 Å². The molecule has 2 aliphatic rings. The van der Waals surface area contributed by atoms with Gasteiger partial charge in [-0.2, -0.15) is 0 Å². The molecular weight excluding hydrogens is 228 g/mol. The molecule has 4 nitrogen and oxygen atoms in total. The van der Waals surface area contributed by atoms with Crippen molar-refractivity contribution in [3.8, 4) is 0 Å². The lowest BCUT2D eigenvalue weighted by Gasteiger charge is -2.20. The third kappa shape index (κ3) is 1.74. The third-order valence-corrected chi connectivity index (χ3v) is 4.53. The Morgan fingerprint density at radius 2 is 2.00 bits per heavy atom. The molecule has 0 radical (unpaired) electrons. The Hall–Kier alpha value is -1.32. The fourth-order valence-electron chi connectivity index (χ4n) is 3.15. The number of H-pyrrole nitrogens is 1. The molecule has 0 bridgehead atoms. The largest absolute Gasteiger partial charge is 0.480 e. The van der Waals surface area contributed by atoms with Gasteiger partial charge >= 0.3 is 5.97 Å². The summed E-state index contributed by atoms with van der Waals surface area (Å²) < 4.78 is 0. The SMILES string of the molecule is Cc1[nH]c(C2(C(=O)O)CC2)nc1C1CCCCC1. The van der Waals surface area contributed by atoms with Crippen LogP contribution >= 0.6 is 0 Å². The average Bonchev–Trinajstić information content (AvgIpc) is 3.09. The summed E-state index contributed by atoms with van der Waals surface area (Å²) in [6.07, 6.45) is 7.72. The topological polar surface area (TPSA) is 66.0 Å². The number of rotatable bonds is 3. The molecule has 0 spiro atoms. The van der Waals surface area contributed by atoms with Gasteiger partial charge in [0.25, 0.3) is 0 Å². The predicted octanol–water partition coefficient (Wildman–Crippen LogP) is 2.88. The standard InChI is InChI=1S/C14H20N2O2/c1-9-11(10-5-3-2-4-6-10)16-12(15-9)14(7-8-14)13(17)18/h10H,2-8H2,1H3,(H,15,16)(H,17,18). The first-order valence-electron chi connectivity index (χ1n) is 6.94. The van der Waals surface area contributed by atoms with Crippen LogP contribution in [0.2, 0.25) is 0 Å². The van der Waals surface area contributed by atoms with Gasteiger partial charge in [-0.1, -0.05) is 19.3 Å². The van der Waals surface area contributed by atoms with Crippen LogP contribution in [0.25, 0.3) is 0 Å². The normalized spacial score (nSPS) is 22.9. The van der Waals surface area contributed by atoms with Gasteiger partial charge in [0.15, 0.2) is 0 Å². The molecule has 1 heterocycles. The van der Waals surface area contributed by atoms with Gasteiger partial charge in [0, 0.05) is 11.6 Å². The molecule has 2 aliphatic carbocycles. The highest BCUT2D eigenvalue weighted by Gasteiger charge is 2.54. The van der Waals surface area contributed by atoms with Crippen molar-refractivity contribution in [2.45, 2.75) is 63.2 Å². The van der Waals surface area contributed by atoms with Crippen molar-refractivity contribution >= 4 is 5.97 Å². The molecule has 2 saturated carbocycles. The third-order valence-electron chi connectivity index (χ3n) is 4.53. The minimum absolute atomic E-state index is 0.536. The van der Waals surface area contributed by atoms with Gasteiger partial charge in [-0.05, 0) is 32.6 Å². The zero-order valence-electron chi connectivity index (χ0n) is 10.8. The lowest BCUT2D eigenvalue weighted by Crippen LogP contribution is -2.21. The van der Waals surface area contributed by atoms with Crippen LogP contribution in [0.15, 0.2) is 0 Å². The fourth-order valence-corrected chi connectivity index (χ4v) is 3.15. The van der Waals surface area contributed by atoms with Crippen LogP contribution in [0.3, 0.4) is 0 Å². The second kappa shape index (κ2) is 4.11. The maximum Gasteiger partial charge on any atom is 0.317 e. The summed E-state index contributed by atoms with van der Waals surface area (Å²) in [6.45, 7) is 2.03. The van der Waals surface area contributed by atoms with E-state index in [0.717, 1.165) is 24.2 Å². The molecule has 0 saturated heterocycles. The minimum Gasteiger partial charge on any atom is -0.480 e. The van der Waals surface area contributed by atoms with E-state index in [1.807, 2.05) is 6.92 Å². The first-order valence-corrected chi connectivity index (χ1v) is 6.94. The summed E-state index contributed by atoms with van der Waals surface area (Å²) in [5.74, 6) is 0.493. The average molecular weight is 248 g/mol. The second-order valence-electron chi connectivity index (χ2n) is 5.82. The van der Waals surface area contributed by atoms with Crippen LogP contribution in [0.1, 0.15) is 68.1 Å². The van der Waals surface area contributed by atoms with Crippen molar-refractivity contribution in [1.82, 2.24) is 9.97 Å². The number of carbonyl (C=O) groups is 1. The zero-order valence-corrected chi connectivity index (χ0v) is 10.8. The first kappa shape index (κ1) is 11.8. The highest BCUT2D eigenvalue weighted by Crippen LogP contribution is 2.48. The molecule has 1 aromatic heterocycles. The maximum atomic E-state index is 11.3. The van der Waals surface area contributed by atoms with E-state index in [1.165, 1.54) is 32.1 Å². The van der Waals surface area contributed by atoms with E-state index < -0.39 is 11.4 Å². The second-order valence-corrected chi connectivity index (χ2v) is 5.82. The van der Waals surface area contributed by atoms with E-state index in [9.17, 15) is 9.90 Å².